The van der Waals surface area contributed by atoms with Crippen LogP contribution in [0.2, 0.25) is 0 Å². The number of nitrogens with zero attached hydrogens (tertiary/aromatic N) is 1. The smallest absolute Gasteiger partial charge is 0.250 e. The maximum atomic E-state index is 11.7. The van der Waals surface area contributed by atoms with Gasteiger partial charge in [0.1, 0.15) is 0 Å². The molecule has 0 spiro atoms. The summed E-state index contributed by atoms with van der Waals surface area (Å²) in [5.74, 6) is -0.132. The Labute approximate surface area is 120 Å². The Morgan fingerprint density at radius 1 is 1.35 bits per heavy atom. The molecule has 0 aliphatic carbocycles. The summed E-state index contributed by atoms with van der Waals surface area (Å²) in [5, 5.41) is 14.4. The molecule has 20 heavy (non-hydrogen) atoms. The minimum absolute atomic E-state index is 0.130. The number of aromatic nitrogens is 1. The van der Waals surface area contributed by atoms with Crippen LogP contribution < -0.4 is 10.9 Å². The molecule has 0 saturated heterocycles. The van der Waals surface area contributed by atoms with Gasteiger partial charge < -0.3 is 15.0 Å². The average Bonchev–Trinajstić information content (AvgIpc) is 2.92. The van der Waals surface area contributed by atoms with Gasteiger partial charge in [0.25, 0.3) is 5.56 Å². The molecule has 5 nitrogen and oxygen atoms in total. The van der Waals surface area contributed by atoms with E-state index >= 15 is 0 Å². The number of hydrogen-bond acceptors (Lipinski definition) is 4. The van der Waals surface area contributed by atoms with Crippen LogP contribution in [-0.2, 0) is 17.8 Å². The van der Waals surface area contributed by atoms with Crippen LogP contribution in [0.3, 0.4) is 0 Å². The molecule has 2 N–H and O–H groups in total. The van der Waals surface area contributed by atoms with Gasteiger partial charge in [0.05, 0.1) is 19.1 Å². The molecule has 0 saturated carbocycles. The third kappa shape index (κ3) is 4.32. The van der Waals surface area contributed by atoms with Gasteiger partial charge >= 0.3 is 0 Å². The summed E-state index contributed by atoms with van der Waals surface area (Å²) in [4.78, 5) is 24.1. The zero-order valence-electron chi connectivity index (χ0n) is 10.9. The van der Waals surface area contributed by atoms with E-state index in [1.165, 1.54) is 22.0 Å². The maximum Gasteiger partial charge on any atom is 0.250 e. The van der Waals surface area contributed by atoms with E-state index in [0.717, 1.165) is 4.88 Å². The van der Waals surface area contributed by atoms with E-state index in [1.807, 2.05) is 17.5 Å². The van der Waals surface area contributed by atoms with Crippen molar-refractivity contribution in [3.05, 3.63) is 57.1 Å². The van der Waals surface area contributed by atoms with Gasteiger partial charge in [0.2, 0.25) is 5.91 Å². The Kier molecular flexibility index (Phi) is 5.09. The SMILES string of the molecule is O=C(Cc1cccs1)NCC(O)Cn1ccccc1=O. The molecule has 1 unspecified atom stereocenters. The molecule has 0 fully saturated rings. The van der Waals surface area contributed by atoms with Gasteiger partial charge in [-0.25, -0.2) is 0 Å². The first kappa shape index (κ1) is 14.5. The molecule has 1 atom stereocenters. The second-order valence-electron chi connectivity index (χ2n) is 4.41. The monoisotopic (exact) mass is 292 g/mol. The van der Waals surface area contributed by atoms with Crippen molar-refractivity contribution in [1.29, 1.82) is 0 Å². The Hall–Kier alpha value is -1.92. The number of aliphatic hydroxyl groups excluding tert-OH is 1. The summed E-state index contributed by atoms with van der Waals surface area (Å²) in [6.07, 6.45) is 1.14. The van der Waals surface area contributed by atoms with Crippen molar-refractivity contribution >= 4 is 17.2 Å². The van der Waals surface area contributed by atoms with Gasteiger partial charge in [-0.05, 0) is 17.5 Å². The van der Waals surface area contributed by atoms with Crippen molar-refractivity contribution in [3.8, 4) is 0 Å². The Balaban J connectivity index is 1.78. The van der Waals surface area contributed by atoms with Crippen LogP contribution >= 0.6 is 11.3 Å². The number of carbonyl (C=O) groups excluding carboxylic acids is 1. The van der Waals surface area contributed by atoms with Crippen LogP contribution in [0, 0.1) is 0 Å². The molecule has 0 radical (unpaired) electrons. The second kappa shape index (κ2) is 7.02. The number of nitrogens with one attached hydrogen (secondary N) is 1. The average molecular weight is 292 g/mol. The first-order valence-corrected chi connectivity index (χ1v) is 7.16. The fourth-order valence-electron chi connectivity index (χ4n) is 1.77. The van der Waals surface area contributed by atoms with Crippen LogP contribution in [0.4, 0.5) is 0 Å². The van der Waals surface area contributed by atoms with E-state index in [2.05, 4.69) is 5.32 Å². The second-order valence-corrected chi connectivity index (χ2v) is 5.44. The van der Waals surface area contributed by atoms with Crippen LogP contribution in [0.1, 0.15) is 4.88 Å². The van der Waals surface area contributed by atoms with E-state index in [-0.39, 0.29) is 24.6 Å². The number of amides is 1. The summed E-state index contributed by atoms with van der Waals surface area (Å²) in [6.45, 7) is 0.296. The van der Waals surface area contributed by atoms with Gasteiger partial charge in [-0.2, -0.15) is 0 Å². The minimum Gasteiger partial charge on any atom is -0.389 e. The molecule has 2 rings (SSSR count). The van der Waals surface area contributed by atoms with Crippen molar-refractivity contribution in [2.45, 2.75) is 19.1 Å². The molecule has 1 amide bonds. The lowest BCUT2D eigenvalue weighted by molar-refractivity contribution is -0.120. The Morgan fingerprint density at radius 3 is 2.90 bits per heavy atom. The third-order valence-corrected chi connectivity index (χ3v) is 3.63. The molecular weight excluding hydrogens is 276 g/mol. The van der Waals surface area contributed by atoms with Crippen LogP contribution in [0.5, 0.6) is 0 Å². The normalized spacial score (nSPS) is 12.1. The largest absolute Gasteiger partial charge is 0.389 e. The molecule has 2 aromatic heterocycles. The van der Waals surface area contributed by atoms with E-state index in [0.29, 0.717) is 6.42 Å². The highest BCUT2D eigenvalue weighted by atomic mass is 32.1. The van der Waals surface area contributed by atoms with Crippen molar-refractivity contribution in [3.63, 3.8) is 0 Å². The van der Waals surface area contributed by atoms with Crippen LogP contribution in [0.25, 0.3) is 0 Å². The van der Waals surface area contributed by atoms with Crippen molar-refractivity contribution in [1.82, 2.24) is 9.88 Å². The molecule has 106 valence electrons. The highest BCUT2D eigenvalue weighted by Crippen LogP contribution is 2.08. The topological polar surface area (TPSA) is 71.3 Å². The predicted octanol–water partition coefficient (Wildman–Crippen LogP) is 0.630. The minimum atomic E-state index is -0.789. The first-order valence-electron chi connectivity index (χ1n) is 6.28. The highest BCUT2D eigenvalue weighted by molar-refractivity contribution is 7.10. The van der Waals surface area contributed by atoms with Gasteiger partial charge in [-0.3, -0.25) is 9.59 Å². The van der Waals surface area contributed by atoms with Crippen molar-refractivity contribution < 1.29 is 9.90 Å². The molecule has 0 bridgehead atoms. The summed E-state index contributed by atoms with van der Waals surface area (Å²) < 4.78 is 1.41. The molecule has 0 aliphatic rings. The van der Waals surface area contributed by atoms with Crippen molar-refractivity contribution in [2.24, 2.45) is 0 Å². The number of hydrogen-bond donors (Lipinski definition) is 2. The van der Waals surface area contributed by atoms with E-state index in [1.54, 1.807) is 18.3 Å². The quantitative estimate of drug-likeness (QED) is 0.820. The summed E-state index contributed by atoms with van der Waals surface area (Å²) in [5.41, 5.74) is -0.170. The molecular formula is C14H16N2O3S. The predicted molar refractivity (Wildman–Crippen MR) is 77.7 cm³/mol. The number of aliphatic hydroxyl groups is 1. The summed E-state index contributed by atoms with van der Waals surface area (Å²) in [6, 6.07) is 8.59. The summed E-state index contributed by atoms with van der Waals surface area (Å²) in [7, 11) is 0. The lowest BCUT2D eigenvalue weighted by atomic mass is 10.3. The highest BCUT2D eigenvalue weighted by Gasteiger charge is 2.09. The summed E-state index contributed by atoms with van der Waals surface area (Å²) >= 11 is 1.52. The lowest BCUT2D eigenvalue weighted by Crippen LogP contribution is -2.36. The number of rotatable bonds is 6. The maximum absolute atomic E-state index is 11.7. The van der Waals surface area contributed by atoms with Crippen LogP contribution in [0.15, 0.2) is 46.7 Å². The first-order chi connectivity index (χ1) is 9.65. The zero-order chi connectivity index (χ0) is 14.4. The fraction of sp³-hybridized carbons (Fsp3) is 0.286. The Morgan fingerprint density at radius 2 is 2.20 bits per heavy atom. The van der Waals surface area contributed by atoms with Crippen molar-refractivity contribution in [2.75, 3.05) is 6.54 Å². The Bertz CT molecular complexity index is 607. The van der Waals surface area contributed by atoms with Crippen LogP contribution in [-0.4, -0.2) is 28.2 Å². The van der Waals surface area contributed by atoms with Gasteiger partial charge in [0.15, 0.2) is 0 Å². The van der Waals surface area contributed by atoms with E-state index < -0.39 is 6.10 Å². The molecule has 2 aromatic rings. The molecule has 2 heterocycles. The van der Waals surface area contributed by atoms with Gasteiger partial charge in [-0.15, -0.1) is 11.3 Å². The third-order valence-electron chi connectivity index (χ3n) is 2.76. The molecule has 6 heteroatoms. The molecule has 0 aromatic carbocycles. The standard InChI is InChI=1S/C14H16N2O3S/c17-11(10-16-6-2-1-5-14(16)19)9-15-13(18)8-12-4-3-7-20-12/h1-7,11,17H,8-10H2,(H,15,18). The zero-order valence-corrected chi connectivity index (χ0v) is 11.7. The fourth-order valence-corrected chi connectivity index (χ4v) is 2.47. The lowest BCUT2D eigenvalue weighted by Gasteiger charge is -2.13. The van der Waals surface area contributed by atoms with Gasteiger partial charge in [0, 0.05) is 23.7 Å². The van der Waals surface area contributed by atoms with Gasteiger partial charge in [-0.1, -0.05) is 12.1 Å². The van der Waals surface area contributed by atoms with E-state index in [9.17, 15) is 14.7 Å². The van der Waals surface area contributed by atoms with E-state index in [4.69, 9.17) is 0 Å². The number of thiophene rings is 1. The number of carbonyl (C=O) groups is 1. The number of pyridine rings is 1. The molecule has 0 aliphatic heterocycles.